The number of unbranched alkanes of at least 4 members (excludes halogenated alkanes) is 2. The highest BCUT2D eigenvalue weighted by Gasteiger charge is 2.01. The summed E-state index contributed by atoms with van der Waals surface area (Å²) in [6.45, 7) is 19.9. The summed E-state index contributed by atoms with van der Waals surface area (Å²) in [6, 6.07) is 0. The molecule has 0 aromatic carbocycles. The summed E-state index contributed by atoms with van der Waals surface area (Å²) in [5.41, 5.74) is 1.11. The van der Waals surface area contributed by atoms with Crippen LogP contribution in [0.5, 0.6) is 0 Å². The van der Waals surface area contributed by atoms with Gasteiger partial charge in [0.2, 0.25) is 0 Å². The Morgan fingerprint density at radius 3 is 1.15 bits per heavy atom. The first-order valence-corrected chi connectivity index (χ1v) is 8.55. The van der Waals surface area contributed by atoms with Crippen molar-refractivity contribution in [3.05, 3.63) is 36.5 Å². The predicted molar refractivity (Wildman–Crippen MR) is 104 cm³/mol. The standard InChI is InChI=1S/2C8H14O2.C4H6O2/c2*1-4-5-6-10-8(9)7(2)3;1-3(2)4(5)6/h2*2,4-6H2,1,3H3;1H2,2H3,(H,5,6). The number of rotatable bonds is 9. The Labute approximate surface area is 157 Å². The van der Waals surface area contributed by atoms with Crippen molar-refractivity contribution < 1.29 is 29.0 Å². The van der Waals surface area contributed by atoms with Crippen molar-refractivity contribution >= 4 is 17.9 Å². The van der Waals surface area contributed by atoms with E-state index in [9.17, 15) is 14.4 Å². The van der Waals surface area contributed by atoms with Gasteiger partial charge in [-0.1, -0.05) is 46.4 Å². The Bertz CT molecular complexity index is 433. The van der Waals surface area contributed by atoms with Gasteiger partial charge in [-0.15, -0.1) is 0 Å². The summed E-state index contributed by atoms with van der Waals surface area (Å²) in [4.78, 5) is 31.0. The first-order valence-electron chi connectivity index (χ1n) is 8.55. The fraction of sp³-hybridized carbons (Fsp3) is 0.550. The van der Waals surface area contributed by atoms with Gasteiger partial charge in [-0.05, 0) is 33.6 Å². The van der Waals surface area contributed by atoms with Crippen LogP contribution in [0.15, 0.2) is 36.5 Å². The minimum Gasteiger partial charge on any atom is -0.478 e. The molecule has 150 valence electrons. The Kier molecular flexibility index (Phi) is 20.7. The van der Waals surface area contributed by atoms with Crippen LogP contribution in [0.25, 0.3) is 0 Å². The van der Waals surface area contributed by atoms with Crippen LogP contribution in [0, 0.1) is 0 Å². The molecule has 0 rings (SSSR count). The smallest absolute Gasteiger partial charge is 0.333 e. The Balaban J connectivity index is -0.000000316. The van der Waals surface area contributed by atoms with E-state index >= 15 is 0 Å². The van der Waals surface area contributed by atoms with Gasteiger partial charge < -0.3 is 14.6 Å². The molecule has 0 bridgehead atoms. The molecular weight excluding hydrogens is 336 g/mol. The fourth-order valence-corrected chi connectivity index (χ4v) is 0.865. The fourth-order valence-electron chi connectivity index (χ4n) is 0.865. The van der Waals surface area contributed by atoms with E-state index in [0.29, 0.717) is 24.4 Å². The number of hydrogen-bond acceptors (Lipinski definition) is 5. The molecule has 0 aliphatic rings. The van der Waals surface area contributed by atoms with Crippen molar-refractivity contribution in [2.75, 3.05) is 13.2 Å². The molecule has 0 aromatic rings. The molecule has 0 spiro atoms. The number of ether oxygens (including phenoxy) is 2. The van der Waals surface area contributed by atoms with E-state index in [1.54, 1.807) is 13.8 Å². The van der Waals surface area contributed by atoms with Crippen LogP contribution in [0.2, 0.25) is 0 Å². The molecular formula is C20H34O6. The second-order valence-corrected chi connectivity index (χ2v) is 5.63. The van der Waals surface area contributed by atoms with Gasteiger partial charge in [0.15, 0.2) is 0 Å². The molecule has 0 atom stereocenters. The van der Waals surface area contributed by atoms with E-state index in [1.807, 2.05) is 0 Å². The molecule has 0 saturated carbocycles. The van der Waals surface area contributed by atoms with Gasteiger partial charge in [-0.3, -0.25) is 0 Å². The third kappa shape index (κ3) is 23.9. The van der Waals surface area contributed by atoms with Crippen LogP contribution in [-0.2, 0) is 23.9 Å². The quantitative estimate of drug-likeness (QED) is 0.366. The molecule has 0 amide bonds. The summed E-state index contributed by atoms with van der Waals surface area (Å²) in [7, 11) is 0. The number of carboxylic acid groups (broad SMARTS) is 1. The predicted octanol–water partition coefficient (Wildman–Crippen LogP) is 4.46. The molecule has 0 aromatic heterocycles. The average Bonchev–Trinajstić information content (AvgIpc) is 2.55. The summed E-state index contributed by atoms with van der Waals surface area (Å²) < 4.78 is 9.61. The number of esters is 2. The van der Waals surface area contributed by atoms with E-state index in [2.05, 4.69) is 33.6 Å². The minimum atomic E-state index is -0.935. The van der Waals surface area contributed by atoms with Crippen LogP contribution < -0.4 is 0 Å². The monoisotopic (exact) mass is 370 g/mol. The third-order valence-electron chi connectivity index (χ3n) is 2.52. The van der Waals surface area contributed by atoms with E-state index < -0.39 is 5.97 Å². The van der Waals surface area contributed by atoms with E-state index in [1.165, 1.54) is 6.92 Å². The Morgan fingerprint density at radius 2 is 1.00 bits per heavy atom. The first kappa shape index (κ1) is 28.4. The van der Waals surface area contributed by atoms with Crippen molar-refractivity contribution in [3.8, 4) is 0 Å². The minimum absolute atomic E-state index is 0.176. The third-order valence-corrected chi connectivity index (χ3v) is 2.52. The highest BCUT2D eigenvalue weighted by atomic mass is 16.5. The maximum absolute atomic E-state index is 10.7. The van der Waals surface area contributed by atoms with Crippen LogP contribution in [0.3, 0.4) is 0 Å². The Hall–Kier alpha value is -2.37. The van der Waals surface area contributed by atoms with Crippen LogP contribution >= 0.6 is 0 Å². The molecule has 26 heavy (non-hydrogen) atoms. The van der Waals surface area contributed by atoms with Crippen LogP contribution in [0.1, 0.15) is 60.3 Å². The largest absolute Gasteiger partial charge is 0.478 e. The van der Waals surface area contributed by atoms with Crippen molar-refractivity contribution in [3.63, 3.8) is 0 Å². The molecule has 0 heterocycles. The highest BCUT2D eigenvalue weighted by Crippen LogP contribution is 1.95. The molecule has 0 fully saturated rings. The van der Waals surface area contributed by atoms with Crippen molar-refractivity contribution in [1.82, 2.24) is 0 Å². The van der Waals surface area contributed by atoms with Crippen LogP contribution in [0.4, 0.5) is 0 Å². The highest BCUT2D eigenvalue weighted by molar-refractivity contribution is 5.87. The Morgan fingerprint density at radius 1 is 0.731 bits per heavy atom. The van der Waals surface area contributed by atoms with Gasteiger partial charge in [0.05, 0.1) is 13.2 Å². The average molecular weight is 370 g/mol. The van der Waals surface area contributed by atoms with Gasteiger partial charge in [-0.2, -0.15) is 0 Å². The lowest BCUT2D eigenvalue weighted by molar-refractivity contribution is -0.139. The van der Waals surface area contributed by atoms with Gasteiger partial charge in [-0.25, -0.2) is 14.4 Å². The van der Waals surface area contributed by atoms with Crippen molar-refractivity contribution in [2.24, 2.45) is 0 Å². The number of carbonyl (C=O) groups is 3. The number of hydrogen-bond donors (Lipinski definition) is 1. The SMILES string of the molecule is C=C(C)C(=O)O.C=C(C)C(=O)OCCCC.C=C(C)C(=O)OCCCC. The molecule has 1 N–H and O–H groups in total. The van der Waals surface area contributed by atoms with Gasteiger partial charge in [0.25, 0.3) is 0 Å². The topological polar surface area (TPSA) is 89.9 Å². The molecule has 0 radical (unpaired) electrons. The lowest BCUT2D eigenvalue weighted by atomic mass is 10.3. The normalized spacial score (nSPS) is 8.65. The van der Waals surface area contributed by atoms with Gasteiger partial charge in [0, 0.05) is 16.7 Å². The molecule has 0 saturated heterocycles. The lowest BCUT2D eigenvalue weighted by Gasteiger charge is -2.01. The zero-order chi connectivity index (χ0) is 21.1. The number of aliphatic carboxylic acids is 1. The molecule has 6 nitrogen and oxygen atoms in total. The molecule has 0 aliphatic carbocycles. The summed E-state index contributed by atoms with van der Waals surface area (Å²) in [5.74, 6) is -1.50. The van der Waals surface area contributed by atoms with Crippen molar-refractivity contribution in [1.29, 1.82) is 0 Å². The zero-order valence-corrected chi connectivity index (χ0v) is 16.9. The van der Waals surface area contributed by atoms with Crippen molar-refractivity contribution in [2.45, 2.75) is 60.3 Å². The van der Waals surface area contributed by atoms with E-state index in [-0.39, 0.29) is 17.5 Å². The van der Waals surface area contributed by atoms with Crippen LogP contribution in [-0.4, -0.2) is 36.2 Å². The van der Waals surface area contributed by atoms with Gasteiger partial charge in [0.1, 0.15) is 0 Å². The summed E-state index contributed by atoms with van der Waals surface area (Å²) in [5, 5.41) is 7.89. The zero-order valence-electron chi connectivity index (χ0n) is 16.9. The lowest BCUT2D eigenvalue weighted by Crippen LogP contribution is -2.05. The van der Waals surface area contributed by atoms with Gasteiger partial charge >= 0.3 is 17.9 Å². The number of carboxylic acids is 1. The maximum Gasteiger partial charge on any atom is 0.333 e. The first-order chi connectivity index (χ1) is 12.0. The summed E-state index contributed by atoms with van der Waals surface area (Å²) >= 11 is 0. The van der Waals surface area contributed by atoms with E-state index in [0.717, 1.165) is 25.7 Å². The maximum atomic E-state index is 10.7. The van der Waals surface area contributed by atoms with E-state index in [4.69, 9.17) is 14.6 Å². The molecule has 0 unspecified atom stereocenters. The molecule has 0 aliphatic heterocycles. The number of carbonyl (C=O) groups excluding carboxylic acids is 2. The molecule has 6 heteroatoms. The second kappa shape index (κ2) is 19.0. The summed E-state index contributed by atoms with van der Waals surface area (Å²) in [6.07, 6.45) is 3.95. The second-order valence-electron chi connectivity index (χ2n) is 5.63.